The predicted octanol–water partition coefficient (Wildman–Crippen LogP) is 4.88. The summed E-state index contributed by atoms with van der Waals surface area (Å²) in [7, 11) is 1.63. The van der Waals surface area contributed by atoms with Gasteiger partial charge in [-0.15, -0.1) is 0 Å². The van der Waals surface area contributed by atoms with Crippen molar-refractivity contribution < 1.29 is 18.8 Å². The Labute approximate surface area is 205 Å². The average Bonchev–Trinajstić information content (AvgIpc) is 3.28. The summed E-state index contributed by atoms with van der Waals surface area (Å²) in [5, 5.41) is 7.30. The molecule has 0 spiro atoms. The van der Waals surface area contributed by atoms with Crippen LogP contribution in [0.1, 0.15) is 48.1 Å². The summed E-state index contributed by atoms with van der Waals surface area (Å²) >= 11 is 5.99. The first-order valence-electron chi connectivity index (χ1n) is 11.1. The molecule has 0 aliphatic rings. The smallest absolute Gasteiger partial charge is 0.273 e. The van der Waals surface area contributed by atoms with Crippen LogP contribution in [0.4, 0.5) is 0 Å². The average molecular weight is 484 g/mol. The van der Waals surface area contributed by atoms with Gasteiger partial charge in [-0.25, -0.2) is 0 Å². The maximum Gasteiger partial charge on any atom is 0.273 e. The Hall–Kier alpha value is -3.32. The molecule has 34 heavy (non-hydrogen) atoms. The van der Waals surface area contributed by atoms with Crippen LogP contribution >= 0.6 is 11.6 Å². The van der Waals surface area contributed by atoms with Crippen LogP contribution in [0.2, 0.25) is 5.02 Å². The second kappa shape index (κ2) is 11.2. The number of halogens is 1. The molecular formula is C26H30ClN3O4. The van der Waals surface area contributed by atoms with Gasteiger partial charge in [0.15, 0.2) is 11.5 Å². The highest BCUT2D eigenvalue weighted by Gasteiger charge is 2.28. The van der Waals surface area contributed by atoms with Gasteiger partial charge in [0.05, 0.1) is 13.7 Å². The zero-order valence-electron chi connectivity index (χ0n) is 19.9. The normalized spacial score (nSPS) is 11.2. The van der Waals surface area contributed by atoms with Crippen LogP contribution in [0.3, 0.4) is 0 Å². The molecule has 7 nitrogen and oxygen atoms in total. The number of hydrogen-bond acceptors (Lipinski definition) is 5. The molecular weight excluding hydrogens is 454 g/mol. The molecule has 8 heteroatoms. The number of nitrogens with one attached hydrogen (secondary N) is 1. The molecule has 3 aromatic rings. The molecule has 0 saturated heterocycles. The van der Waals surface area contributed by atoms with E-state index < -0.39 is 5.41 Å². The molecule has 0 saturated carbocycles. The van der Waals surface area contributed by atoms with E-state index in [0.29, 0.717) is 30.3 Å². The van der Waals surface area contributed by atoms with Gasteiger partial charge < -0.3 is 19.5 Å². The summed E-state index contributed by atoms with van der Waals surface area (Å²) in [6.45, 7) is 6.68. The van der Waals surface area contributed by atoms with Crippen molar-refractivity contribution in [2.24, 2.45) is 5.41 Å². The highest BCUT2D eigenvalue weighted by Crippen LogP contribution is 2.21. The molecule has 2 amide bonds. The van der Waals surface area contributed by atoms with Crippen molar-refractivity contribution in [3.63, 3.8) is 0 Å². The molecule has 0 aliphatic carbocycles. The van der Waals surface area contributed by atoms with Gasteiger partial charge in [0.2, 0.25) is 5.91 Å². The summed E-state index contributed by atoms with van der Waals surface area (Å²) in [5.74, 6) is 0.862. The van der Waals surface area contributed by atoms with Crippen molar-refractivity contribution >= 4 is 23.4 Å². The molecule has 0 aliphatic heterocycles. The van der Waals surface area contributed by atoms with E-state index in [1.807, 2.05) is 57.2 Å². The van der Waals surface area contributed by atoms with Crippen LogP contribution in [-0.4, -0.2) is 35.5 Å². The lowest BCUT2D eigenvalue weighted by Crippen LogP contribution is -2.40. The minimum atomic E-state index is -0.558. The Balaban J connectivity index is 1.64. The second-order valence-electron chi connectivity index (χ2n) is 9.07. The zero-order chi connectivity index (χ0) is 24.7. The quantitative estimate of drug-likeness (QED) is 0.468. The number of carbonyl (C=O) groups is 2. The van der Waals surface area contributed by atoms with E-state index in [0.717, 1.165) is 16.9 Å². The van der Waals surface area contributed by atoms with Crippen molar-refractivity contribution in [3.05, 3.63) is 82.2 Å². The first-order chi connectivity index (χ1) is 16.2. The number of benzene rings is 2. The Morgan fingerprint density at radius 3 is 2.47 bits per heavy atom. The number of ether oxygens (including phenoxy) is 1. The van der Waals surface area contributed by atoms with Crippen LogP contribution in [0.15, 0.2) is 59.1 Å². The molecule has 2 aromatic carbocycles. The van der Waals surface area contributed by atoms with Gasteiger partial charge in [0, 0.05) is 29.6 Å². The fraction of sp³-hybridized carbons (Fsp3) is 0.346. The minimum Gasteiger partial charge on any atom is -0.497 e. The van der Waals surface area contributed by atoms with Gasteiger partial charge >= 0.3 is 0 Å². The fourth-order valence-corrected chi connectivity index (χ4v) is 3.60. The third kappa shape index (κ3) is 7.09. The Kier molecular flexibility index (Phi) is 8.34. The number of rotatable bonds is 9. The standard InChI is InChI=1S/C26H30ClN3O4/c1-26(2,3)25(32)30(13-12-18-8-10-21(33-4)11-9-18)17-22-15-23(29-34-22)24(31)28-16-19-6-5-7-20(27)14-19/h5-11,14-15H,12-13,16-17H2,1-4H3,(H,28,31). The summed E-state index contributed by atoms with van der Waals surface area (Å²) < 4.78 is 10.6. The Morgan fingerprint density at radius 1 is 1.09 bits per heavy atom. The number of nitrogens with zero attached hydrogens (tertiary/aromatic N) is 2. The summed E-state index contributed by atoms with van der Waals surface area (Å²) in [6.07, 6.45) is 0.674. The highest BCUT2D eigenvalue weighted by molar-refractivity contribution is 6.30. The largest absolute Gasteiger partial charge is 0.497 e. The molecule has 1 N–H and O–H groups in total. The molecule has 0 atom stereocenters. The van der Waals surface area contributed by atoms with E-state index in [1.165, 1.54) is 0 Å². The van der Waals surface area contributed by atoms with E-state index in [9.17, 15) is 9.59 Å². The lowest BCUT2D eigenvalue weighted by atomic mass is 9.94. The van der Waals surface area contributed by atoms with Crippen LogP contribution < -0.4 is 10.1 Å². The van der Waals surface area contributed by atoms with E-state index >= 15 is 0 Å². The van der Waals surface area contributed by atoms with E-state index in [4.69, 9.17) is 20.9 Å². The number of methoxy groups -OCH3 is 1. The maximum atomic E-state index is 13.1. The van der Waals surface area contributed by atoms with Crippen LogP contribution in [0.25, 0.3) is 0 Å². The molecule has 1 aromatic heterocycles. The second-order valence-corrected chi connectivity index (χ2v) is 9.50. The molecule has 1 heterocycles. The van der Waals surface area contributed by atoms with E-state index in [1.54, 1.807) is 30.2 Å². The van der Waals surface area contributed by atoms with E-state index in [-0.39, 0.29) is 24.1 Å². The number of amides is 2. The van der Waals surface area contributed by atoms with E-state index in [2.05, 4.69) is 10.5 Å². The SMILES string of the molecule is COc1ccc(CCN(Cc2cc(C(=O)NCc3cccc(Cl)c3)no2)C(=O)C(C)(C)C)cc1. The minimum absolute atomic E-state index is 0.00984. The first kappa shape index (κ1) is 25.3. The van der Waals surface area contributed by atoms with Crippen LogP contribution in [0.5, 0.6) is 5.75 Å². The van der Waals surface area contributed by atoms with Crippen LogP contribution in [0, 0.1) is 5.41 Å². The summed E-state index contributed by atoms with van der Waals surface area (Å²) in [5.41, 5.74) is 1.57. The number of hydrogen-bond donors (Lipinski definition) is 1. The fourth-order valence-electron chi connectivity index (χ4n) is 3.39. The molecule has 0 radical (unpaired) electrons. The third-order valence-corrected chi connectivity index (χ3v) is 5.47. The number of carbonyl (C=O) groups excluding carboxylic acids is 2. The highest BCUT2D eigenvalue weighted by atomic mass is 35.5. The molecule has 180 valence electrons. The van der Waals surface area contributed by atoms with Gasteiger partial charge in [-0.1, -0.05) is 61.8 Å². The monoisotopic (exact) mass is 483 g/mol. The van der Waals surface area contributed by atoms with Crippen LogP contribution in [-0.2, 0) is 24.3 Å². The van der Waals surface area contributed by atoms with Crippen molar-refractivity contribution in [1.82, 2.24) is 15.4 Å². The number of aromatic nitrogens is 1. The lowest BCUT2D eigenvalue weighted by molar-refractivity contribution is -0.140. The Bertz CT molecular complexity index is 1120. The molecule has 0 bridgehead atoms. The van der Waals surface area contributed by atoms with Gasteiger partial charge in [-0.3, -0.25) is 9.59 Å². The third-order valence-electron chi connectivity index (χ3n) is 5.24. The topological polar surface area (TPSA) is 84.7 Å². The van der Waals surface area contributed by atoms with Gasteiger partial charge in [-0.05, 0) is 41.8 Å². The van der Waals surface area contributed by atoms with Gasteiger partial charge in [0.1, 0.15) is 5.75 Å². The summed E-state index contributed by atoms with van der Waals surface area (Å²) in [4.78, 5) is 27.3. The molecule has 3 rings (SSSR count). The van der Waals surface area contributed by atoms with Crippen molar-refractivity contribution in [3.8, 4) is 5.75 Å². The zero-order valence-corrected chi connectivity index (χ0v) is 20.7. The molecule has 0 unspecified atom stereocenters. The maximum absolute atomic E-state index is 13.1. The summed E-state index contributed by atoms with van der Waals surface area (Å²) in [6, 6.07) is 16.6. The lowest BCUT2D eigenvalue weighted by Gasteiger charge is -2.28. The molecule has 0 fully saturated rings. The first-order valence-corrected chi connectivity index (χ1v) is 11.4. The predicted molar refractivity (Wildman–Crippen MR) is 131 cm³/mol. The van der Waals surface area contributed by atoms with Gasteiger partial charge in [0.25, 0.3) is 5.91 Å². The van der Waals surface area contributed by atoms with Gasteiger partial charge in [-0.2, -0.15) is 0 Å². The Morgan fingerprint density at radius 2 is 1.82 bits per heavy atom. The van der Waals surface area contributed by atoms with Crippen molar-refractivity contribution in [2.45, 2.75) is 40.3 Å². The van der Waals surface area contributed by atoms with Crippen molar-refractivity contribution in [1.29, 1.82) is 0 Å². The van der Waals surface area contributed by atoms with Crippen molar-refractivity contribution in [2.75, 3.05) is 13.7 Å².